The normalized spacial score (nSPS) is 21.4. The first-order valence-electron chi connectivity index (χ1n) is 9.91. The van der Waals surface area contributed by atoms with E-state index in [2.05, 4.69) is 64.4 Å². The van der Waals surface area contributed by atoms with Gasteiger partial charge in [0.1, 0.15) is 17.8 Å². The maximum Gasteiger partial charge on any atom is 0.143 e. The lowest BCUT2D eigenvalue weighted by molar-refractivity contribution is 0.0651. The molecule has 0 spiro atoms. The minimum absolute atomic E-state index is 0.150. The highest BCUT2D eigenvalue weighted by Crippen LogP contribution is 2.36. The van der Waals surface area contributed by atoms with Gasteiger partial charge in [-0.05, 0) is 41.5 Å². The summed E-state index contributed by atoms with van der Waals surface area (Å²) in [6.07, 6.45) is 7.08. The maximum absolute atomic E-state index is 4.72. The van der Waals surface area contributed by atoms with Crippen molar-refractivity contribution in [1.82, 2.24) is 29.8 Å². The van der Waals surface area contributed by atoms with Gasteiger partial charge in [-0.15, -0.1) is 0 Å². The zero-order valence-electron chi connectivity index (χ0n) is 17.6. The average molecular weight is 380 g/mol. The minimum atomic E-state index is 0.150. The Hall–Kier alpha value is -2.54. The van der Waals surface area contributed by atoms with Crippen LogP contribution in [0.25, 0.3) is 22.3 Å². The van der Waals surface area contributed by atoms with Crippen molar-refractivity contribution in [3.8, 4) is 11.3 Å². The van der Waals surface area contributed by atoms with Gasteiger partial charge in [0.15, 0.2) is 0 Å². The van der Waals surface area contributed by atoms with Crippen molar-refractivity contribution in [2.24, 2.45) is 0 Å². The molecular formula is C21H29N7. The van der Waals surface area contributed by atoms with Crippen LogP contribution in [0.2, 0.25) is 0 Å². The van der Waals surface area contributed by atoms with Crippen LogP contribution in [0.4, 0.5) is 5.82 Å². The summed E-state index contributed by atoms with van der Waals surface area (Å²) in [6.45, 7) is 15.3. The van der Waals surface area contributed by atoms with Gasteiger partial charge in [0, 0.05) is 54.9 Å². The Balaban J connectivity index is 1.80. The van der Waals surface area contributed by atoms with Gasteiger partial charge in [-0.2, -0.15) is 0 Å². The Labute approximate surface area is 166 Å². The van der Waals surface area contributed by atoms with Crippen molar-refractivity contribution in [1.29, 1.82) is 0 Å². The lowest BCUT2D eigenvalue weighted by atomic mass is 9.98. The topological polar surface area (TPSA) is 73.8 Å². The average Bonchev–Trinajstić information content (AvgIpc) is 3.07. The first-order chi connectivity index (χ1) is 13.3. The van der Waals surface area contributed by atoms with Crippen LogP contribution in [0, 0.1) is 6.92 Å². The molecule has 28 heavy (non-hydrogen) atoms. The predicted molar refractivity (Wildman–Crippen MR) is 112 cm³/mol. The Kier molecular flexibility index (Phi) is 4.57. The second kappa shape index (κ2) is 6.81. The molecule has 3 aromatic heterocycles. The van der Waals surface area contributed by atoms with Crippen molar-refractivity contribution >= 4 is 16.9 Å². The van der Waals surface area contributed by atoms with Crippen molar-refractivity contribution < 1.29 is 0 Å². The number of aryl methyl sites for hydroxylation is 1. The third-order valence-corrected chi connectivity index (χ3v) is 5.71. The van der Waals surface area contributed by atoms with E-state index in [0.717, 1.165) is 46.9 Å². The molecule has 3 aromatic rings. The number of nitrogens with one attached hydrogen (secondary N) is 1. The standard InChI is InChI=1S/C21H29N7/c1-13-11-28(21(4,5)6)14(2)10-27(13)20-17-16(9-24-19(17)25-12-26-20)18-15(3)22-7-8-23-18/h7-9,12-14H,10-11H2,1-6H3,(H,24,25,26)/t13-,14+/m0/s1. The fraction of sp³-hybridized carbons (Fsp3) is 0.524. The highest BCUT2D eigenvalue weighted by atomic mass is 15.3. The second-order valence-electron chi connectivity index (χ2n) is 8.79. The van der Waals surface area contributed by atoms with Crippen LogP contribution in [0.1, 0.15) is 40.3 Å². The van der Waals surface area contributed by atoms with Crippen LogP contribution in [-0.4, -0.2) is 60.5 Å². The van der Waals surface area contributed by atoms with E-state index in [1.54, 1.807) is 18.7 Å². The monoisotopic (exact) mass is 379 g/mol. The highest BCUT2D eigenvalue weighted by molar-refractivity contribution is 6.00. The van der Waals surface area contributed by atoms with Gasteiger partial charge in [0.25, 0.3) is 0 Å². The molecule has 4 rings (SSSR count). The molecule has 0 aliphatic carbocycles. The molecule has 1 fully saturated rings. The van der Waals surface area contributed by atoms with Crippen molar-refractivity contribution in [3.63, 3.8) is 0 Å². The fourth-order valence-electron chi connectivity index (χ4n) is 4.38. The fourth-order valence-corrected chi connectivity index (χ4v) is 4.38. The number of aromatic amines is 1. The number of nitrogens with zero attached hydrogens (tertiary/aromatic N) is 6. The molecule has 1 aliphatic heterocycles. The van der Waals surface area contributed by atoms with E-state index in [-0.39, 0.29) is 5.54 Å². The van der Waals surface area contributed by atoms with Gasteiger partial charge in [-0.25, -0.2) is 9.97 Å². The Morgan fingerprint density at radius 1 is 1.00 bits per heavy atom. The highest BCUT2D eigenvalue weighted by Gasteiger charge is 2.36. The third-order valence-electron chi connectivity index (χ3n) is 5.71. The van der Waals surface area contributed by atoms with Gasteiger partial charge in [0.2, 0.25) is 0 Å². The summed E-state index contributed by atoms with van der Waals surface area (Å²) in [4.78, 5) is 26.5. The molecule has 148 valence electrons. The number of fused-ring (bicyclic) bond motifs is 1. The van der Waals surface area contributed by atoms with E-state index < -0.39 is 0 Å². The van der Waals surface area contributed by atoms with Gasteiger partial charge in [-0.3, -0.25) is 14.9 Å². The van der Waals surface area contributed by atoms with E-state index >= 15 is 0 Å². The molecule has 0 radical (unpaired) electrons. The van der Waals surface area contributed by atoms with E-state index in [1.807, 2.05) is 13.1 Å². The smallest absolute Gasteiger partial charge is 0.143 e. The number of piperazine rings is 1. The Morgan fingerprint density at radius 3 is 2.46 bits per heavy atom. The third kappa shape index (κ3) is 3.13. The zero-order chi connectivity index (χ0) is 20.1. The molecule has 0 unspecified atom stereocenters. The quantitative estimate of drug-likeness (QED) is 0.735. The SMILES string of the molecule is Cc1nccnc1-c1c[nH]c2ncnc(N3C[C@@H](C)N(C(C)(C)C)C[C@@H]3C)c12. The van der Waals surface area contributed by atoms with Crippen LogP contribution in [0.3, 0.4) is 0 Å². The summed E-state index contributed by atoms with van der Waals surface area (Å²) < 4.78 is 0. The van der Waals surface area contributed by atoms with E-state index in [4.69, 9.17) is 4.98 Å². The number of hydrogen-bond acceptors (Lipinski definition) is 6. The van der Waals surface area contributed by atoms with Gasteiger partial charge < -0.3 is 9.88 Å². The Morgan fingerprint density at radius 2 is 1.75 bits per heavy atom. The molecule has 0 aromatic carbocycles. The second-order valence-corrected chi connectivity index (χ2v) is 8.79. The van der Waals surface area contributed by atoms with Crippen LogP contribution < -0.4 is 4.90 Å². The molecule has 2 atom stereocenters. The lowest BCUT2D eigenvalue weighted by Crippen LogP contribution is -2.61. The summed E-state index contributed by atoms with van der Waals surface area (Å²) in [5, 5.41) is 1.02. The molecule has 1 saturated heterocycles. The number of aromatic nitrogens is 5. The van der Waals surface area contributed by atoms with Crippen molar-refractivity contribution in [2.75, 3.05) is 18.0 Å². The first-order valence-corrected chi connectivity index (χ1v) is 9.91. The lowest BCUT2D eigenvalue weighted by Gasteiger charge is -2.50. The van der Waals surface area contributed by atoms with E-state index in [1.165, 1.54) is 0 Å². The minimum Gasteiger partial charge on any atom is -0.350 e. The van der Waals surface area contributed by atoms with Gasteiger partial charge >= 0.3 is 0 Å². The molecule has 4 heterocycles. The maximum atomic E-state index is 4.72. The summed E-state index contributed by atoms with van der Waals surface area (Å²) in [6, 6.07) is 0.779. The van der Waals surface area contributed by atoms with E-state index in [0.29, 0.717) is 12.1 Å². The van der Waals surface area contributed by atoms with Gasteiger partial charge in [-0.1, -0.05) is 0 Å². The van der Waals surface area contributed by atoms with Crippen molar-refractivity contribution in [2.45, 2.75) is 59.2 Å². The number of H-pyrrole nitrogens is 1. The Bertz CT molecular complexity index is 988. The molecule has 0 bridgehead atoms. The number of anilines is 1. The van der Waals surface area contributed by atoms with Crippen LogP contribution >= 0.6 is 0 Å². The summed E-state index contributed by atoms with van der Waals surface area (Å²) >= 11 is 0. The molecule has 1 aliphatic rings. The van der Waals surface area contributed by atoms with Crippen LogP contribution in [0.15, 0.2) is 24.9 Å². The van der Waals surface area contributed by atoms with Gasteiger partial charge in [0.05, 0.1) is 16.8 Å². The molecule has 0 saturated carbocycles. The van der Waals surface area contributed by atoms with Crippen LogP contribution in [0.5, 0.6) is 0 Å². The largest absolute Gasteiger partial charge is 0.350 e. The number of rotatable bonds is 2. The molecule has 1 N–H and O–H groups in total. The molecule has 0 amide bonds. The predicted octanol–water partition coefficient (Wildman–Crippen LogP) is 3.42. The summed E-state index contributed by atoms with van der Waals surface area (Å²) in [7, 11) is 0. The summed E-state index contributed by atoms with van der Waals surface area (Å²) in [5.41, 5.74) is 3.77. The van der Waals surface area contributed by atoms with Crippen LogP contribution in [-0.2, 0) is 0 Å². The first kappa shape index (κ1) is 18.8. The zero-order valence-corrected chi connectivity index (χ0v) is 17.6. The summed E-state index contributed by atoms with van der Waals surface area (Å²) in [5.74, 6) is 0.971. The molecule has 7 nitrogen and oxygen atoms in total. The van der Waals surface area contributed by atoms with Crippen molar-refractivity contribution in [3.05, 3.63) is 30.6 Å². The molecule has 7 heteroatoms. The molecular weight excluding hydrogens is 350 g/mol. The van der Waals surface area contributed by atoms with E-state index in [9.17, 15) is 0 Å². The number of hydrogen-bond donors (Lipinski definition) is 1.